The van der Waals surface area contributed by atoms with Gasteiger partial charge >= 0.3 is 0 Å². The van der Waals surface area contributed by atoms with E-state index in [0.717, 1.165) is 41.3 Å². The lowest BCUT2D eigenvalue weighted by molar-refractivity contribution is 0.0951. The molecule has 0 saturated carbocycles. The molecule has 1 heterocycles. The van der Waals surface area contributed by atoms with E-state index in [1.54, 1.807) is 12.1 Å². The highest BCUT2D eigenvalue weighted by atomic mass is 32.2. The van der Waals surface area contributed by atoms with Gasteiger partial charge in [-0.3, -0.25) is 9.10 Å². The second-order valence-electron chi connectivity index (χ2n) is 10.2. The number of rotatable bonds is 8. The summed E-state index contributed by atoms with van der Waals surface area (Å²) in [5.74, 6) is 0.565. The molecule has 3 aromatic carbocycles. The van der Waals surface area contributed by atoms with E-state index >= 15 is 0 Å². The molecule has 3 aromatic rings. The molecule has 0 aromatic heterocycles. The number of anilines is 2. The minimum Gasteiger partial charge on any atom is -0.371 e. The number of hydrogen-bond donors (Lipinski definition) is 1. The van der Waals surface area contributed by atoms with Gasteiger partial charge in [-0.15, -0.1) is 0 Å². The van der Waals surface area contributed by atoms with Crippen LogP contribution in [-0.4, -0.2) is 33.7 Å². The molecule has 0 spiro atoms. The van der Waals surface area contributed by atoms with Crippen molar-refractivity contribution in [3.8, 4) is 0 Å². The van der Waals surface area contributed by atoms with Crippen LogP contribution < -0.4 is 14.5 Å². The molecule has 1 aliphatic heterocycles. The Hall–Kier alpha value is -3.32. The first kappa shape index (κ1) is 26.7. The van der Waals surface area contributed by atoms with Gasteiger partial charge in [0, 0.05) is 30.9 Å². The number of hydrogen-bond acceptors (Lipinski definition) is 4. The Bertz CT molecular complexity index is 1320. The van der Waals surface area contributed by atoms with Crippen molar-refractivity contribution in [3.05, 3.63) is 94.5 Å². The molecular formula is C30H37N3O3S. The summed E-state index contributed by atoms with van der Waals surface area (Å²) in [5.41, 5.74) is 6.15. The number of nitrogens with one attached hydrogen (secondary N) is 1. The van der Waals surface area contributed by atoms with Crippen LogP contribution in [0.1, 0.15) is 52.4 Å². The minimum atomic E-state index is -3.49. The fraction of sp³-hybridized carbons (Fsp3) is 0.367. The number of benzene rings is 3. The normalized spacial score (nSPS) is 15.9. The van der Waals surface area contributed by atoms with E-state index in [4.69, 9.17) is 0 Å². The summed E-state index contributed by atoms with van der Waals surface area (Å²) in [4.78, 5) is 15.2. The van der Waals surface area contributed by atoms with Crippen molar-refractivity contribution in [2.75, 3.05) is 28.6 Å². The Morgan fingerprint density at radius 3 is 2.19 bits per heavy atom. The van der Waals surface area contributed by atoms with Crippen LogP contribution in [0.3, 0.4) is 0 Å². The first-order valence-corrected chi connectivity index (χ1v) is 14.7. The Morgan fingerprint density at radius 2 is 1.59 bits per heavy atom. The molecule has 1 fully saturated rings. The van der Waals surface area contributed by atoms with Crippen molar-refractivity contribution in [3.63, 3.8) is 0 Å². The molecule has 0 aliphatic carbocycles. The van der Waals surface area contributed by atoms with Gasteiger partial charge in [0.15, 0.2) is 0 Å². The molecule has 4 rings (SSSR count). The lowest BCUT2D eigenvalue weighted by Crippen LogP contribution is -2.34. The number of piperidine rings is 1. The predicted octanol–water partition coefficient (Wildman–Crippen LogP) is 5.44. The molecule has 1 amide bonds. The van der Waals surface area contributed by atoms with Crippen LogP contribution in [0.2, 0.25) is 0 Å². The van der Waals surface area contributed by atoms with Gasteiger partial charge in [-0.25, -0.2) is 8.42 Å². The molecule has 1 atom stereocenters. The number of carbonyl (C=O) groups is 1. The smallest absolute Gasteiger partial charge is 0.251 e. The third kappa shape index (κ3) is 6.72. The van der Waals surface area contributed by atoms with Gasteiger partial charge in [0.25, 0.3) is 5.91 Å². The lowest BCUT2D eigenvalue weighted by Gasteiger charge is -2.32. The number of carbonyl (C=O) groups excluding carboxylic acids is 1. The molecule has 0 bridgehead atoms. The van der Waals surface area contributed by atoms with Gasteiger partial charge in [0.1, 0.15) is 0 Å². The third-order valence-corrected chi connectivity index (χ3v) is 8.16. The Balaban J connectivity index is 1.38. The van der Waals surface area contributed by atoms with Crippen LogP contribution in [0.5, 0.6) is 0 Å². The topological polar surface area (TPSA) is 69.7 Å². The zero-order valence-corrected chi connectivity index (χ0v) is 23.0. The van der Waals surface area contributed by atoms with Crippen LogP contribution in [-0.2, 0) is 23.1 Å². The highest BCUT2D eigenvalue weighted by Crippen LogP contribution is 2.28. The maximum absolute atomic E-state index is 12.7. The summed E-state index contributed by atoms with van der Waals surface area (Å²) in [6.07, 6.45) is 3.75. The molecule has 1 saturated heterocycles. The molecule has 7 heteroatoms. The fourth-order valence-electron chi connectivity index (χ4n) is 5.02. The maximum Gasteiger partial charge on any atom is 0.251 e. The Kier molecular flexibility index (Phi) is 8.22. The summed E-state index contributed by atoms with van der Waals surface area (Å²) in [6, 6.07) is 21.3. The highest BCUT2D eigenvalue weighted by Gasteiger charge is 2.21. The van der Waals surface area contributed by atoms with E-state index < -0.39 is 10.0 Å². The monoisotopic (exact) mass is 519 g/mol. The van der Waals surface area contributed by atoms with Crippen molar-refractivity contribution in [2.45, 2.75) is 46.7 Å². The van der Waals surface area contributed by atoms with Crippen LogP contribution in [0.25, 0.3) is 0 Å². The molecule has 37 heavy (non-hydrogen) atoms. The Morgan fingerprint density at radius 1 is 0.973 bits per heavy atom. The average molecular weight is 520 g/mol. The standard InChI is InChI=1S/C30H37N3O3S/c1-22-7-6-18-32(20-22)28-16-12-25(13-17-28)19-31-30(34)27-14-10-26(11-15-27)21-33(37(4,35)36)29-23(2)8-5-9-24(29)3/h5,8-17,22H,6-7,18-21H2,1-4H3,(H,31,34)/t22-/m0/s1. The molecule has 0 unspecified atom stereocenters. The molecule has 1 N–H and O–H groups in total. The van der Waals surface area contributed by atoms with Crippen LogP contribution in [0.15, 0.2) is 66.7 Å². The number of sulfonamides is 1. The van der Waals surface area contributed by atoms with E-state index in [2.05, 4.69) is 41.4 Å². The van der Waals surface area contributed by atoms with Gasteiger partial charge < -0.3 is 10.2 Å². The van der Waals surface area contributed by atoms with Crippen LogP contribution in [0, 0.1) is 19.8 Å². The van der Waals surface area contributed by atoms with Gasteiger partial charge in [-0.2, -0.15) is 0 Å². The van der Waals surface area contributed by atoms with Crippen molar-refractivity contribution < 1.29 is 13.2 Å². The molecule has 196 valence electrons. The third-order valence-electron chi connectivity index (χ3n) is 7.04. The summed E-state index contributed by atoms with van der Waals surface area (Å²) < 4.78 is 26.7. The number of para-hydroxylation sites is 1. The summed E-state index contributed by atoms with van der Waals surface area (Å²) in [7, 11) is -3.49. The van der Waals surface area contributed by atoms with Gasteiger partial charge in [-0.05, 0) is 79.1 Å². The largest absolute Gasteiger partial charge is 0.371 e. The maximum atomic E-state index is 12.7. The van der Waals surface area contributed by atoms with Crippen LogP contribution >= 0.6 is 0 Å². The van der Waals surface area contributed by atoms with Gasteiger partial charge in [0.2, 0.25) is 10.0 Å². The number of amides is 1. The molecule has 6 nitrogen and oxygen atoms in total. The van der Waals surface area contributed by atoms with Crippen molar-refractivity contribution >= 4 is 27.3 Å². The Labute approximate surface area is 221 Å². The second kappa shape index (κ2) is 11.4. The molecule has 1 aliphatic rings. The van der Waals surface area contributed by atoms with Crippen molar-refractivity contribution in [1.82, 2.24) is 5.32 Å². The zero-order valence-electron chi connectivity index (χ0n) is 22.2. The van der Waals surface area contributed by atoms with E-state index in [-0.39, 0.29) is 12.5 Å². The first-order valence-electron chi connectivity index (χ1n) is 12.9. The quantitative estimate of drug-likeness (QED) is 0.431. The summed E-state index contributed by atoms with van der Waals surface area (Å²) >= 11 is 0. The van der Waals surface area contributed by atoms with E-state index in [9.17, 15) is 13.2 Å². The molecular weight excluding hydrogens is 482 g/mol. The predicted molar refractivity (Wildman–Crippen MR) is 152 cm³/mol. The van der Waals surface area contributed by atoms with E-state index in [1.165, 1.54) is 29.1 Å². The van der Waals surface area contributed by atoms with Gasteiger partial charge in [-0.1, -0.05) is 49.4 Å². The SMILES string of the molecule is Cc1cccc(C)c1N(Cc1ccc(C(=O)NCc2ccc(N3CCC[C@H](C)C3)cc2)cc1)S(C)(=O)=O. The van der Waals surface area contributed by atoms with Crippen molar-refractivity contribution in [2.24, 2.45) is 5.92 Å². The molecule has 0 radical (unpaired) electrons. The van der Waals surface area contributed by atoms with Crippen molar-refractivity contribution in [1.29, 1.82) is 0 Å². The van der Waals surface area contributed by atoms with Crippen LogP contribution in [0.4, 0.5) is 11.4 Å². The van der Waals surface area contributed by atoms with E-state index in [0.29, 0.717) is 17.8 Å². The summed E-state index contributed by atoms with van der Waals surface area (Å²) in [5, 5.41) is 2.99. The minimum absolute atomic E-state index is 0.157. The second-order valence-corrected chi connectivity index (χ2v) is 12.2. The van der Waals surface area contributed by atoms with E-state index in [1.807, 2.05) is 44.2 Å². The average Bonchev–Trinajstić information content (AvgIpc) is 2.86. The lowest BCUT2D eigenvalue weighted by atomic mass is 9.99. The highest BCUT2D eigenvalue weighted by molar-refractivity contribution is 7.92. The summed E-state index contributed by atoms with van der Waals surface area (Å²) in [6.45, 7) is 8.97. The zero-order chi connectivity index (χ0) is 26.6. The number of aryl methyl sites for hydroxylation is 2. The fourth-order valence-corrected chi connectivity index (χ4v) is 6.02. The number of nitrogens with zero attached hydrogens (tertiary/aromatic N) is 2. The first-order chi connectivity index (χ1) is 17.6. The van der Waals surface area contributed by atoms with Gasteiger partial charge in [0.05, 0.1) is 18.5 Å².